The monoisotopic (exact) mass is 477 g/mol. The molecule has 5 heterocycles. The van der Waals surface area contributed by atoms with Crippen molar-refractivity contribution in [3.8, 4) is 22.9 Å². The number of aliphatic hydroxyl groups is 1. The molecule has 3 aliphatic rings. The molecule has 0 amide bonds. The number of fused-ring (bicyclic) bond motifs is 5. The van der Waals surface area contributed by atoms with E-state index in [1.165, 1.54) is 0 Å². The molecule has 35 heavy (non-hydrogen) atoms. The Morgan fingerprint density at radius 1 is 1.14 bits per heavy atom. The smallest absolute Gasteiger partial charge is 0.343 e. The molecule has 0 bridgehead atoms. The highest BCUT2D eigenvalue weighted by Gasteiger charge is 2.45. The van der Waals surface area contributed by atoms with Crippen LogP contribution in [0, 0.1) is 0 Å². The van der Waals surface area contributed by atoms with Crippen LogP contribution in [-0.2, 0) is 34.7 Å². The van der Waals surface area contributed by atoms with Gasteiger partial charge in [-0.15, -0.1) is 0 Å². The van der Waals surface area contributed by atoms with Crippen molar-refractivity contribution in [3.63, 3.8) is 0 Å². The molecule has 2 aromatic heterocycles. The summed E-state index contributed by atoms with van der Waals surface area (Å²) in [6.07, 6.45) is 1.94. The average Bonchev–Trinajstić information content (AvgIpc) is 3.25. The second kappa shape index (κ2) is 8.07. The van der Waals surface area contributed by atoms with Crippen LogP contribution < -0.4 is 20.3 Å². The summed E-state index contributed by atoms with van der Waals surface area (Å²) in [4.78, 5) is 31.0. The van der Waals surface area contributed by atoms with E-state index in [0.29, 0.717) is 34.0 Å². The van der Waals surface area contributed by atoms with Crippen LogP contribution in [0.3, 0.4) is 0 Å². The molecule has 182 valence electrons. The number of benzene rings is 1. The molecular weight excluding hydrogens is 450 g/mol. The van der Waals surface area contributed by atoms with Crippen LogP contribution >= 0.6 is 0 Å². The number of hydrogen-bond donors (Lipinski definition) is 2. The maximum atomic E-state index is 13.5. The van der Waals surface area contributed by atoms with Crippen LogP contribution in [0.15, 0.2) is 23.0 Å². The molecule has 0 fully saturated rings. The number of ether oxygens (including phenoxy) is 3. The van der Waals surface area contributed by atoms with E-state index in [-0.39, 0.29) is 31.9 Å². The Kier molecular flexibility index (Phi) is 5.08. The molecule has 6 rings (SSSR count). The summed E-state index contributed by atoms with van der Waals surface area (Å²) < 4.78 is 18.5. The van der Waals surface area contributed by atoms with Gasteiger partial charge < -0.3 is 29.2 Å². The number of cyclic esters (lactones) is 1. The molecule has 0 saturated heterocycles. The summed E-state index contributed by atoms with van der Waals surface area (Å²) in [7, 11) is 0. The van der Waals surface area contributed by atoms with E-state index >= 15 is 0 Å². The summed E-state index contributed by atoms with van der Waals surface area (Å²) in [6.45, 7) is 5.79. The number of rotatable bonds is 6. The van der Waals surface area contributed by atoms with Crippen LogP contribution in [-0.4, -0.2) is 40.5 Å². The van der Waals surface area contributed by atoms with E-state index < -0.39 is 11.6 Å². The van der Waals surface area contributed by atoms with Gasteiger partial charge in [0.15, 0.2) is 5.60 Å². The minimum Gasteiger partial charge on any atom is -0.458 e. The first kappa shape index (κ1) is 22.1. The first-order valence-corrected chi connectivity index (χ1v) is 12.1. The van der Waals surface area contributed by atoms with Crippen molar-refractivity contribution in [1.82, 2.24) is 14.9 Å². The van der Waals surface area contributed by atoms with Gasteiger partial charge in [-0.2, -0.15) is 0 Å². The van der Waals surface area contributed by atoms with Gasteiger partial charge >= 0.3 is 5.97 Å². The highest BCUT2D eigenvalue weighted by atomic mass is 16.7. The number of pyridine rings is 2. The maximum absolute atomic E-state index is 13.5. The molecule has 0 saturated carbocycles. The summed E-state index contributed by atoms with van der Waals surface area (Å²) in [5.41, 5.74) is 2.29. The van der Waals surface area contributed by atoms with E-state index in [0.717, 1.165) is 48.0 Å². The predicted molar refractivity (Wildman–Crippen MR) is 128 cm³/mol. The summed E-state index contributed by atoms with van der Waals surface area (Å²) in [5, 5.41) is 15.4. The quantitative estimate of drug-likeness (QED) is 0.322. The first-order chi connectivity index (χ1) is 17.0. The molecule has 3 aromatic rings. The normalized spacial score (nSPS) is 19.5. The fourth-order valence-electron chi connectivity index (χ4n) is 5.33. The SMILES string of the molecule is CCCNCCc1ccc2c3c(c4c(nc13)-c1cc3c(c(=O)n1C4)COC(=O)[C@]3(O)CC)OCO2. The molecule has 0 unspecified atom stereocenters. The van der Waals surface area contributed by atoms with Crippen molar-refractivity contribution in [2.24, 2.45) is 0 Å². The Bertz CT molecular complexity index is 1450. The van der Waals surface area contributed by atoms with E-state index in [2.05, 4.69) is 12.2 Å². The van der Waals surface area contributed by atoms with Gasteiger partial charge in [-0.25, -0.2) is 9.78 Å². The number of carbonyl (C=O) groups excluding carboxylic acids is 1. The van der Waals surface area contributed by atoms with Gasteiger partial charge in [-0.1, -0.05) is 19.9 Å². The number of nitrogens with zero attached hydrogens (tertiary/aromatic N) is 2. The van der Waals surface area contributed by atoms with Gasteiger partial charge in [0.05, 0.1) is 34.4 Å². The molecular formula is C26H27N3O6. The molecule has 0 spiro atoms. The van der Waals surface area contributed by atoms with Crippen LogP contribution in [0.5, 0.6) is 11.5 Å². The van der Waals surface area contributed by atoms with E-state index in [9.17, 15) is 14.7 Å². The highest BCUT2D eigenvalue weighted by Crippen LogP contribution is 2.47. The molecule has 2 N–H and O–H groups in total. The lowest BCUT2D eigenvalue weighted by molar-refractivity contribution is -0.172. The number of aromatic nitrogens is 2. The minimum absolute atomic E-state index is 0.0790. The van der Waals surface area contributed by atoms with Crippen LogP contribution in [0.25, 0.3) is 22.3 Å². The van der Waals surface area contributed by atoms with E-state index in [4.69, 9.17) is 19.2 Å². The molecule has 9 heteroatoms. The number of carbonyl (C=O) groups is 1. The fourth-order valence-corrected chi connectivity index (χ4v) is 5.33. The standard InChI is InChI=1S/C26H27N3O6/c1-3-8-27-9-7-14-5-6-19-20-21(14)28-22-15(23(20)35-13-34-19)11-29-18(22)10-17-16(24(29)30)12-33-25(31)26(17,32)4-2/h5-6,10,27,32H,3-4,7-9,11-13H2,1-2H3/t26-/m0/s1. The second-order valence-corrected chi connectivity index (χ2v) is 9.22. The molecule has 0 radical (unpaired) electrons. The Morgan fingerprint density at radius 2 is 2.00 bits per heavy atom. The largest absolute Gasteiger partial charge is 0.458 e. The van der Waals surface area contributed by atoms with Gasteiger partial charge in [-0.05, 0) is 50.0 Å². The third kappa shape index (κ3) is 3.11. The summed E-state index contributed by atoms with van der Waals surface area (Å²) in [5.74, 6) is 0.654. The van der Waals surface area contributed by atoms with Crippen molar-refractivity contribution in [2.75, 3.05) is 19.9 Å². The van der Waals surface area contributed by atoms with Crippen molar-refractivity contribution < 1.29 is 24.1 Å². The highest BCUT2D eigenvalue weighted by molar-refractivity contribution is 5.98. The average molecular weight is 478 g/mol. The van der Waals surface area contributed by atoms with Gasteiger partial charge in [-0.3, -0.25) is 4.79 Å². The molecule has 0 aliphatic carbocycles. The molecule has 1 atom stereocenters. The first-order valence-electron chi connectivity index (χ1n) is 12.1. The third-order valence-electron chi connectivity index (χ3n) is 7.25. The van der Waals surface area contributed by atoms with Crippen molar-refractivity contribution in [2.45, 2.75) is 51.9 Å². The minimum atomic E-state index is -1.86. The summed E-state index contributed by atoms with van der Waals surface area (Å²) in [6, 6.07) is 5.71. The Labute approximate surface area is 201 Å². The van der Waals surface area contributed by atoms with Gasteiger partial charge in [0, 0.05) is 11.1 Å². The van der Waals surface area contributed by atoms with E-state index in [1.54, 1.807) is 17.6 Å². The van der Waals surface area contributed by atoms with E-state index in [1.807, 2.05) is 12.1 Å². The zero-order valence-electron chi connectivity index (χ0n) is 19.8. The van der Waals surface area contributed by atoms with Crippen LogP contribution in [0.2, 0.25) is 0 Å². The molecule has 9 nitrogen and oxygen atoms in total. The lowest BCUT2D eigenvalue weighted by Gasteiger charge is -2.31. The number of esters is 1. The zero-order chi connectivity index (χ0) is 24.3. The fraction of sp³-hybridized carbons (Fsp3) is 0.423. The lowest BCUT2D eigenvalue weighted by atomic mass is 9.86. The lowest BCUT2D eigenvalue weighted by Crippen LogP contribution is -2.44. The van der Waals surface area contributed by atoms with Crippen molar-refractivity contribution in [1.29, 1.82) is 0 Å². The van der Waals surface area contributed by atoms with Crippen LogP contribution in [0.4, 0.5) is 0 Å². The molecule has 3 aliphatic heterocycles. The van der Waals surface area contributed by atoms with Crippen molar-refractivity contribution >= 4 is 16.9 Å². The Balaban J connectivity index is 1.57. The van der Waals surface area contributed by atoms with Crippen LogP contribution in [0.1, 0.15) is 48.9 Å². The zero-order valence-corrected chi connectivity index (χ0v) is 19.8. The van der Waals surface area contributed by atoms with Gasteiger partial charge in [0.25, 0.3) is 5.56 Å². The number of nitrogens with one attached hydrogen (secondary N) is 1. The third-order valence-corrected chi connectivity index (χ3v) is 7.25. The molecule has 1 aromatic carbocycles. The Morgan fingerprint density at radius 3 is 2.80 bits per heavy atom. The second-order valence-electron chi connectivity index (χ2n) is 9.22. The van der Waals surface area contributed by atoms with Gasteiger partial charge in [0.1, 0.15) is 18.1 Å². The predicted octanol–water partition coefficient (Wildman–Crippen LogP) is 2.35. The topological polar surface area (TPSA) is 112 Å². The number of hydrogen-bond acceptors (Lipinski definition) is 8. The van der Waals surface area contributed by atoms with Gasteiger partial charge in [0.2, 0.25) is 6.79 Å². The van der Waals surface area contributed by atoms with Crippen molar-refractivity contribution in [3.05, 3.63) is 50.8 Å². The summed E-state index contributed by atoms with van der Waals surface area (Å²) >= 11 is 0. The maximum Gasteiger partial charge on any atom is 0.343 e. The Hall–Kier alpha value is -3.43.